The van der Waals surface area contributed by atoms with Gasteiger partial charge in [0.05, 0.1) is 12.2 Å². The third kappa shape index (κ3) is 5.61. The van der Waals surface area contributed by atoms with Gasteiger partial charge in [-0.1, -0.05) is 6.07 Å². The molecule has 0 heterocycles. The lowest BCUT2D eigenvalue weighted by Crippen LogP contribution is -2.09. The standard InChI is InChI=1S/C15H13F3O3/c1-2-3-4-9-21-13-7-5-11(6-8-14(19)20)10-12(13)15(16,17)18/h1,5-8,10H,3-4,9H2,(H,19,20)/b8-6+. The molecule has 0 saturated heterocycles. The highest BCUT2D eigenvalue weighted by Gasteiger charge is 2.34. The van der Waals surface area contributed by atoms with Crippen LogP contribution in [0.1, 0.15) is 24.0 Å². The Morgan fingerprint density at radius 1 is 1.43 bits per heavy atom. The average molecular weight is 298 g/mol. The molecule has 1 N–H and O–H groups in total. The van der Waals surface area contributed by atoms with Crippen molar-refractivity contribution in [2.24, 2.45) is 0 Å². The Kier molecular flexibility index (Phi) is 5.85. The molecule has 1 aromatic carbocycles. The summed E-state index contributed by atoms with van der Waals surface area (Å²) in [7, 11) is 0. The van der Waals surface area contributed by atoms with Crippen LogP contribution >= 0.6 is 0 Å². The minimum Gasteiger partial charge on any atom is -0.493 e. The Labute approximate surface area is 120 Å². The fraction of sp³-hybridized carbons (Fsp3) is 0.267. The van der Waals surface area contributed by atoms with Gasteiger partial charge in [-0.05, 0) is 30.2 Å². The molecule has 0 aliphatic rings. The Balaban J connectivity index is 2.98. The number of unbranched alkanes of at least 4 members (excludes halogenated alkanes) is 1. The summed E-state index contributed by atoms with van der Waals surface area (Å²) >= 11 is 0. The topological polar surface area (TPSA) is 46.5 Å². The first-order valence-electron chi connectivity index (χ1n) is 6.03. The van der Waals surface area contributed by atoms with E-state index in [1.165, 1.54) is 12.1 Å². The van der Waals surface area contributed by atoms with E-state index in [1.807, 2.05) is 0 Å². The van der Waals surface area contributed by atoms with Gasteiger partial charge in [0.1, 0.15) is 5.75 Å². The van der Waals surface area contributed by atoms with E-state index in [1.54, 1.807) is 0 Å². The predicted molar refractivity (Wildman–Crippen MR) is 71.7 cm³/mol. The number of carboxylic acid groups (broad SMARTS) is 1. The molecule has 0 aliphatic carbocycles. The van der Waals surface area contributed by atoms with Crippen molar-refractivity contribution in [3.8, 4) is 18.1 Å². The maximum atomic E-state index is 12.9. The summed E-state index contributed by atoms with van der Waals surface area (Å²) in [5, 5.41) is 8.48. The number of hydrogen-bond donors (Lipinski definition) is 1. The largest absolute Gasteiger partial charge is 0.493 e. The van der Waals surface area contributed by atoms with E-state index in [0.29, 0.717) is 12.8 Å². The number of halogens is 3. The Bertz CT molecular complexity index is 569. The van der Waals surface area contributed by atoms with Gasteiger partial charge in [0.25, 0.3) is 0 Å². The van der Waals surface area contributed by atoms with Crippen molar-refractivity contribution < 1.29 is 27.8 Å². The summed E-state index contributed by atoms with van der Waals surface area (Å²) in [6.07, 6.45) is 3.17. The van der Waals surface area contributed by atoms with Crippen LogP contribution in [0.25, 0.3) is 6.08 Å². The van der Waals surface area contributed by atoms with E-state index in [-0.39, 0.29) is 17.9 Å². The second-order valence-electron chi connectivity index (χ2n) is 4.08. The molecule has 3 nitrogen and oxygen atoms in total. The molecular weight excluding hydrogens is 285 g/mol. The number of alkyl halides is 3. The lowest BCUT2D eigenvalue weighted by atomic mass is 10.1. The lowest BCUT2D eigenvalue weighted by molar-refractivity contribution is -0.139. The van der Waals surface area contributed by atoms with Gasteiger partial charge in [-0.25, -0.2) is 4.79 Å². The minimum atomic E-state index is -4.59. The van der Waals surface area contributed by atoms with Crippen LogP contribution in [-0.2, 0) is 11.0 Å². The number of aliphatic carboxylic acids is 1. The van der Waals surface area contributed by atoms with Crippen LogP contribution < -0.4 is 4.74 Å². The second kappa shape index (κ2) is 7.39. The van der Waals surface area contributed by atoms with Crippen LogP contribution in [0.15, 0.2) is 24.3 Å². The van der Waals surface area contributed by atoms with Crippen LogP contribution in [0.3, 0.4) is 0 Å². The van der Waals surface area contributed by atoms with Crippen LogP contribution in [0.2, 0.25) is 0 Å². The predicted octanol–water partition coefficient (Wildman–Crippen LogP) is 3.60. The summed E-state index contributed by atoms with van der Waals surface area (Å²) < 4.78 is 43.9. The molecule has 0 spiro atoms. The van der Waals surface area contributed by atoms with Gasteiger partial charge >= 0.3 is 12.1 Å². The molecule has 0 fully saturated rings. The van der Waals surface area contributed by atoms with E-state index in [4.69, 9.17) is 16.3 Å². The Morgan fingerprint density at radius 2 is 2.14 bits per heavy atom. The SMILES string of the molecule is C#CCCCOc1ccc(/C=C/C(=O)O)cc1C(F)(F)F. The molecule has 1 aromatic rings. The molecule has 112 valence electrons. The van der Waals surface area contributed by atoms with Crippen molar-refractivity contribution in [1.29, 1.82) is 0 Å². The molecule has 0 bridgehead atoms. The van der Waals surface area contributed by atoms with E-state index < -0.39 is 17.7 Å². The maximum absolute atomic E-state index is 12.9. The van der Waals surface area contributed by atoms with Gasteiger partial charge < -0.3 is 9.84 Å². The van der Waals surface area contributed by atoms with Gasteiger partial charge in [0.15, 0.2) is 0 Å². The minimum absolute atomic E-state index is 0.0809. The monoisotopic (exact) mass is 298 g/mol. The van der Waals surface area contributed by atoms with Crippen LogP contribution in [0.4, 0.5) is 13.2 Å². The van der Waals surface area contributed by atoms with Crippen LogP contribution in [0.5, 0.6) is 5.75 Å². The molecule has 0 radical (unpaired) electrons. The number of carbonyl (C=O) groups is 1. The number of hydrogen-bond acceptors (Lipinski definition) is 2. The number of benzene rings is 1. The van der Waals surface area contributed by atoms with Crippen molar-refractivity contribution in [3.05, 3.63) is 35.4 Å². The molecular formula is C15H13F3O3. The summed E-state index contributed by atoms with van der Waals surface area (Å²) in [6.45, 7) is 0.0809. The summed E-state index contributed by atoms with van der Waals surface area (Å²) in [6, 6.07) is 3.36. The Hall–Kier alpha value is -2.42. The van der Waals surface area contributed by atoms with Crippen molar-refractivity contribution in [1.82, 2.24) is 0 Å². The van der Waals surface area contributed by atoms with Crippen molar-refractivity contribution in [2.75, 3.05) is 6.61 Å². The number of carboxylic acids is 1. The first-order chi connectivity index (χ1) is 9.84. The fourth-order valence-corrected chi connectivity index (χ4v) is 1.52. The highest BCUT2D eigenvalue weighted by atomic mass is 19.4. The first kappa shape index (κ1) is 16.6. The van der Waals surface area contributed by atoms with E-state index in [2.05, 4.69) is 5.92 Å². The van der Waals surface area contributed by atoms with Gasteiger partial charge in [-0.15, -0.1) is 12.3 Å². The molecule has 0 aliphatic heterocycles. The molecule has 0 amide bonds. The summed E-state index contributed by atoms with van der Waals surface area (Å²) in [5.41, 5.74) is -0.823. The molecule has 6 heteroatoms. The number of ether oxygens (including phenoxy) is 1. The molecule has 0 saturated carbocycles. The van der Waals surface area contributed by atoms with Gasteiger partial charge in [0.2, 0.25) is 0 Å². The van der Waals surface area contributed by atoms with Crippen molar-refractivity contribution >= 4 is 12.0 Å². The molecule has 21 heavy (non-hydrogen) atoms. The number of terminal acetylenes is 1. The van der Waals surface area contributed by atoms with Gasteiger partial charge in [-0.3, -0.25) is 0 Å². The highest BCUT2D eigenvalue weighted by Crippen LogP contribution is 2.37. The highest BCUT2D eigenvalue weighted by molar-refractivity contribution is 5.85. The second-order valence-corrected chi connectivity index (χ2v) is 4.08. The Morgan fingerprint density at radius 3 is 2.71 bits per heavy atom. The molecule has 0 atom stereocenters. The fourth-order valence-electron chi connectivity index (χ4n) is 1.52. The first-order valence-corrected chi connectivity index (χ1v) is 6.03. The maximum Gasteiger partial charge on any atom is 0.419 e. The zero-order valence-electron chi connectivity index (χ0n) is 11.0. The van der Waals surface area contributed by atoms with Crippen molar-refractivity contribution in [2.45, 2.75) is 19.0 Å². The summed E-state index contributed by atoms with van der Waals surface area (Å²) in [4.78, 5) is 10.4. The van der Waals surface area contributed by atoms with Crippen LogP contribution in [0, 0.1) is 12.3 Å². The van der Waals surface area contributed by atoms with E-state index in [0.717, 1.165) is 18.2 Å². The average Bonchev–Trinajstić information content (AvgIpc) is 2.41. The van der Waals surface area contributed by atoms with Gasteiger partial charge in [0, 0.05) is 12.5 Å². The quantitative estimate of drug-likeness (QED) is 0.496. The van der Waals surface area contributed by atoms with Crippen LogP contribution in [-0.4, -0.2) is 17.7 Å². The van der Waals surface area contributed by atoms with Gasteiger partial charge in [-0.2, -0.15) is 13.2 Å². The van der Waals surface area contributed by atoms with E-state index in [9.17, 15) is 18.0 Å². The third-order valence-electron chi connectivity index (χ3n) is 2.45. The normalized spacial score (nSPS) is 11.3. The van der Waals surface area contributed by atoms with E-state index >= 15 is 0 Å². The van der Waals surface area contributed by atoms with Crippen molar-refractivity contribution in [3.63, 3.8) is 0 Å². The zero-order valence-corrected chi connectivity index (χ0v) is 11.0. The molecule has 1 rings (SSSR count). The number of rotatable bonds is 6. The molecule has 0 aromatic heterocycles. The third-order valence-corrected chi connectivity index (χ3v) is 2.45. The zero-order chi connectivity index (χ0) is 15.9. The smallest absolute Gasteiger partial charge is 0.419 e. The lowest BCUT2D eigenvalue weighted by Gasteiger charge is -2.14. The molecule has 0 unspecified atom stereocenters. The summed E-state index contributed by atoms with van der Waals surface area (Å²) in [5.74, 6) is 0.831.